The number of amides is 2. The van der Waals surface area contributed by atoms with Crippen molar-refractivity contribution < 1.29 is 14.7 Å². The van der Waals surface area contributed by atoms with Gasteiger partial charge in [-0.3, -0.25) is 0 Å². The van der Waals surface area contributed by atoms with Gasteiger partial charge in [-0.25, -0.2) is 9.59 Å². The maximum absolute atomic E-state index is 11.8. The maximum Gasteiger partial charge on any atom is 0.329 e. The minimum atomic E-state index is -1.11. The first kappa shape index (κ1) is 14.4. The molecule has 0 atom stereocenters. The highest BCUT2D eigenvalue weighted by Gasteiger charge is 2.45. The lowest BCUT2D eigenvalue weighted by Crippen LogP contribution is -2.60. The largest absolute Gasteiger partial charge is 0.480 e. The van der Waals surface area contributed by atoms with Crippen molar-refractivity contribution in [2.45, 2.75) is 24.8 Å². The summed E-state index contributed by atoms with van der Waals surface area (Å²) >= 11 is 7.87. The third kappa shape index (κ3) is 3.11. The zero-order chi connectivity index (χ0) is 14.0. The van der Waals surface area contributed by atoms with Crippen molar-refractivity contribution >= 4 is 51.9 Å². The number of benzene rings is 1. The molecule has 1 aliphatic carbocycles. The molecule has 0 saturated heterocycles. The molecule has 1 saturated carbocycles. The number of aliphatic carboxylic acids is 1. The minimum absolute atomic E-state index is 0.466. The number of nitrogens with one attached hydrogen (secondary N) is 2. The molecule has 1 aromatic carbocycles. The van der Waals surface area contributed by atoms with E-state index in [1.807, 2.05) is 0 Å². The lowest BCUT2D eigenvalue weighted by Gasteiger charge is -2.38. The maximum atomic E-state index is 11.8. The van der Waals surface area contributed by atoms with Crippen LogP contribution in [0.2, 0.25) is 5.02 Å². The van der Waals surface area contributed by atoms with E-state index < -0.39 is 17.5 Å². The summed E-state index contributed by atoms with van der Waals surface area (Å²) in [6.07, 6.45) is 1.74. The number of hydrogen-bond acceptors (Lipinski definition) is 2. The van der Waals surface area contributed by atoms with Gasteiger partial charge in [0.05, 0.1) is 5.69 Å². The number of carbonyl (C=O) groups is 2. The molecule has 0 bridgehead atoms. The Bertz CT molecular complexity index is 532. The van der Waals surface area contributed by atoms with Crippen molar-refractivity contribution in [2.24, 2.45) is 0 Å². The quantitative estimate of drug-likeness (QED) is 0.690. The smallest absolute Gasteiger partial charge is 0.329 e. The fraction of sp³-hybridized carbons (Fsp3) is 0.333. The Morgan fingerprint density at radius 1 is 1.37 bits per heavy atom. The summed E-state index contributed by atoms with van der Waals surface area (Å²) in [5.41, 5.74) is -0.510. The van der Waals surface area contributed by atoms with Crippen LogP contribution in [-0.4, -0.2) is 22.6 Å². The van der Waals surface area contributed by atoms with Gasteiger partial charge in [0.1, 0.15) is 5.54 Å². The summed E-state index contributed by atoms with van der Waals surface area (Å²) in [4.78, 5) is 23.0. The van der Waals surface area contributed by atoms with E-state index in [4.69, 9.17) is 16.7 Å². The zero-order valence-corrected chi connectivity index (χ0v) is 12.8. The van der Waals surface area contributed by atoms with Crippen LogP contribution in [0, 0.1) is 3.57 Å². The fourth-order valence-electron chi connectivity index (χ4n) is 1.88. The molecule has 1 aliphatic rings. The Kier molecular flexibility index (Phi) is 4.19. The van der Waals surface area contributed by atoms with Crippen LogP contribution in [-0.2, 0) is 4.79 Å². The third-order valence-corrected chi connectivity index (χ3v) is 4.28. The highest BCUT2D eigenvalue weighted by molar-refractivity contribution is 14.1. The first-order chi connectivity index (χ1) is 8.93. The Labute approximate surface area is 128 Å². The number of hydrogen-bond donors (Lipinski definition) is 3. The van der Waals surface area contributed by atoms with Crippen LogP contribution in [0.4, 0.5) is 10.5 Å². The van der Waals surface area contributed by atoms with E-state index in [9.17, 15) is 9.59 Å². The summed E-state index contributed by atoms with van der Waals surface area (Å²) in [6, 6.07) is 4.55. The van der Waals surface area contributed by atoms with E-state index in [1.165, 1.54) is 0 Å². The standard InChI is InChI=1S/C12H12ClIN2O3/c13-7-2-3-9(8(14)6-7)15-11(19)16-12(10(17)18)4-1-5-12/h2-3,6H,1,4-5H2,(H,17,18)(H2,15,16,19). The molecule has 2 rings (SSSR count). The lowest BCUT2D eigenvalue weighted by atomic mass is 9.77. The Hall–Kier alpha value is -1.02. The predicted molar refractivity (Wildman–Crippen MR) is 80.5 cm³/mol. The lowest BCUT2D eigenvalue weighted by molar-refractivity contribution is -0.148. The van der Waals surface area contributed by atoms with E-state index >= 15 is 0 Å². The molecular formula is C12H12ClIN2O3. The number of carboxylic acids is 1. The van der Waals surface area contributed by atoms with Gasteiger partial charge in [0.2, 0.25) is 0 Å². The van der Waals surface area contributed by atoms with Crippen molar-refractivity contribution in [1.82, 2.24) is 5.32 Å². The van der Waals surface area contributed by atoms with Gasteiger partial charge >= 0.3 is 12.0 Å². The molecule has 0 aliphatic heterocycles. The first-order valence-electron chi connectivity index (χ1n) is 5.70. The summed E-state index contributed by atoms with van der Waals surface area (Å²) in [6.45, 7) is 0. The Balaban J connectivity index is 2.03. The number of carbonyl (C=O) groups excluding carboxylic acids is 1. The molecule has 0 unspecified atom stereocenters. The van der Waals surface area contributed by atoms with Crippen LogP contribution in [0.25, 0.3) is 0 Å². The fourth-order valence-corrected chi connectivity index (χ4v) is 2.89. The normalized spacial score (nSPS) is 16.3. The van der Waals surface area contributed by atoms with Crippen molar-refractivity contribution in [3.63, 3.8) is 0 Å². The molecule has 2 amide bonds. The highest BCUT2D eigenvalue weighted by atomic mass is 127. The van der Waals surface area contributed by atoms with Crippen molar-refractivity contribution in [3.05, 3.63) is 26.8 Å². The van der Waals surface area contributed by atoms with Crippen LogP contribution >= 0.6 is 34.2 Å². The second-order valence-electron chi connectivity index (χ2n) is 4.44. The molecule has 0 radical (unpaired) electrons. The molecule has 0 aromatic heterocycles. The number of urea groups is 1. The Morgan fingerprint density at radius 3 is 2.53 bits per heavy atom. The Morgan fingerprint density at radius 2 is 2.05 bits per heavy atom. The molecule has 1 aromatic rings. The monoisotopic (exact) mass is 394 g/mol. The van der Waals surface area contributed by atoms with E-state index in [2.05, 4.69) is 33.2 Å². The van der Waals surface area contributed by atoms with E-state index in [0.29, 0.717) is 23.6 Å². The van der Waals surface area contributed by atoms with E-state index in [0.717, 1.165) is 9.99 Å². The number of carboxylic acid groups (broad SMARTS) is 1. The van der Waals surface area contributed by atoms with Gasteiger partial charge in [0.15, 0.2) is 0 Å². The third-order valence-electron chi connectivity index (χ3n) is 3.15. The molecule has 5 nitrogen and oxygen atoms in total. The second-order valence-corrected chi connectivity index (χ2v) is 6.04. The summed E-state index contributed by atoms with van der Waals surface area (Å²) < 4.78 is 0.790. The molecule has 7 heteroatoms. The second kappa shape index (κ2) is 5.54. The summed E-state index contributed by atoms with van der Waals surface area (Å²) in [5.74, 6) is -0.986. The topological polar surface area (TPSA) is 78.4 Å². The first-order valence-corrected chi connectivity index (χ1v) is 7.16. The van der Waals surface area contributed by atoms with E-state index in [1.54, 1.807) is 18.2 Å². The number of anilines is 1. The number of rotatable bonds is 3. The number of halogens is 2. The summed E-state index contributed by atoms with van der Waals surface area (Å²) in [5, 5.41) is 14.9. The molecule has 0 spiro atoms. The minimum Gasteiger partial charge on any atom is -0.480 e. The molecule has 19 heavy (non-hydrogen) atoms. The van der Waals surface area contributed by atoms with Gasteiger partial charge in [-0.2, -0.15) is 0 Å². The SMILES string of the molecule is O=C(Nc1ccc(Cl)cc1I)NC1(C(=O)O)CCC1. The van der Waals surface area contributed by atoms with E-state index in [-0.39, 0.29) is 0 Å². The van der Waals surface area contributed by atoms with Gasteiger partial charge in [-0.15, -0.1) is 0 Å². The van der Waals surface area contributed by atoms with Crippen LogP contribution in [0.1, 0.15) is 19.3 Å². The van der Waals surface area contributed by atoms with Crippen molar-refractivity contribution in [2.75, 3.05) is 5.32 Å². The van der Waals surface area contributed by atoms with Crippen molar-refractivity contribution in [3.8, 4) is 0 Å². The van der Waals surface area contributed by atoms with Crippen LogP contribution < -0.4 is 10.6 Å². The van der Waals surface area contributed by atoms with Crippen LogP contribution in [0.3, 0.4) is 0 Å². The van der Waals surface area contributed by atoms with Gasteiger partial charge in [0.25, 0.3) is 0 Å². The van der Waals surface area contributed by atoms with Crippen molar-refractivity contribution in [1.29, 1.82) is 0 Å². The molecule has 3 N–H and O–H groups in total. The van der Waals surface area contributed by atoms with Crippen LogP contribution in [0.5, 0.6) is 0 Å². The molecule has 102 valence electrons. The zero-order valence-electron chi connectivity index (χ0n) is 9.87. The van der Waals surface area contributed by atoms with Crippen LogP contribution in [0.15, 0.2) is 18.2 Å². The van der Waals surface area contributed by atoms with Gasteiger partial charge in [-0.05, 0) is 60.1 Å². The molecule has 0 heterocycles. The molecular weight excluding hydrogens is 383 g/mol. The highest BCUT2D eigenvalue weighted by Crippen LogP contribution is 2.32. The van der Waals surface area contributed by atoms with Gasteiger partial charge < -0.3 is 15.7 Å². The average molecular weight is 395 g/mol. The molecule has 1 fully saturated rings. The predicted octanol–water partition coefficient (Wildman–Crippen LogP) is 3.07. The summed E-state index contributed by atoms with van der Waals surface area (Å²) in [7, 11) is 0. The van der Waals surface area contributed by atoms with Gasteiger partial charge in [-0.1, -0.05) is 11.6 Å². The van der Waals surface area contributed by atoms with Gasteiger partial charge in [0, 0.05) is 8.59 Å². The average Bonchev–Trinajstić information content (AvgIpc) is 2.27.